The second-order valence-corrected chi connectivity index (χ2v) is 3.32. The fourth-order valence-electron chi connectivity index (χ4n) is 1.07. The molecule has 0 amide bonds. The molecule has 0 heterocycles. The van der Waals surface area contributed by atoms with Crippen molar-refractivity contribution in [2.24, 2.45) is 0 Å². The van der Waals surface area contributed by atoms with Crippen LogP contribution in [-0.4, -0.2) is 11.1 Å². The lowest BCUT2D eigenvalue weighted by molar-refractivity contribution is 0.102. The number of rotatable bonds is 2. The van der Waals surface area contributed by atoms with Gasteiger partial charge >= 0.3 is 0 Å². The molecule has 0 aromatic heterocycles. The number of ketones is 1. The molecule has 0 bridgehead atoms. The largest absolute Gasteiger partial charge is 0.399 e. The Labute approximate surface area is 84.1 Å². The molecule has 2 nitrogen and oxygen atoms in total. The highest BCUT2D eigenvalue weighted by molar-refractivity contribution is 9.09. The molecule has 0 aliphatic rings. The molecule has 4 heteroatoms. The summed E-state index contributed by atoms with van der Waals surface area (Å²) in [7, 11) is 0. The van der Waals surface area contributed by atoms with E-state index in [1.807, 2.05) is 0 Å². The highest BCUT2D eigenvalue weighted by Gasteiger charge is 2.12. The van der Waals surface area contributed by atoms with E-state index >= 15 is 0 Å². The Morgan fingerprint density at radius 1 is 1.62 bits per heavy atom. The van der Waals surface area contributed by atoms with Gasteiger partial charge in [0.05, 0.1) is 10.9 Å². The first kappa shape index (κ1) is 10.2. The van der Waals surface area contributed by atoms with Gasteiger partial charge in [0.1, 0.15) is 5.82 Å². The summed E-state index contributed by atoms with van der Waals surface area (Å²) in [4.78, 5) is 11.2. The summed E-state index contributed by atoms with van der Waals surface area (Å²) < 4.78 is 13.3. The molecule has 70 valence electrons. The summed E-state index contributed by atoms with van der Waals surface area (Å²) >= 11 is 2.98. The van der Waals surface area contributed by atoms with Crippen LogP contribution in [0.15, 0.2) is 12.1 Å². The fourth-order valence-corrected chi connectivity index (χ4v) is 1.37. The molecule has 1 aromatic rings. The molecular formula is C9H9BrFNO. The number of benzene rings is 1. The minimum absolute atomic E-state index is 0.0503. The van der Waals surface area contributed by atoms with Crippen molar-refractivity contribution in [2.75, 3.05) is 11.1 Å². The van der Waals surface area contributed by atoms with Gasteiger partial charge in [0, 0.05) is 5.69 Å². The van der Waals surface area contributed by atoms with Crippen LogP contribution in [0.3, 0.4) is 0 Å². The number of anilines is 1. The summed E-state index contributed by atoms with van der Waals surface area (Å²) in [6.45, 7) is 1.58. The zero-order valence-electron chi connectivity index (χ0n) is 7.10. The second kappa shape index (κ2) is 3.87. The zero-order chi connectivity index (χ0) is 10.0. The number of carbonyl (C=O) groups is 1. The Bertz CT molecular complexity index is 352. The molecule has 1 aromatic carbocycles. The van der Waals surface area contributed by atoms with Crippen LogP contribution in [0, 0.1) is 12.7 Å². The van der Waals surface area contributed by atoms with Crippen molar-refractivity contribution < 1.29 is 9.18 Å². The summed E-state index contributed by atoms with van der Waals surface area (Å²) in [5.41, 5.74) is 6.34. The van der Waals surface area contributed by atoms with Gasteiger partial charge in [-0.2, -0.15) is 0 Å². The van der Waals surface area contributed by atoms with Gasteiger partial charge in [-0.05, 0) is 24.6 Å². The van der Waals surface area contributed by atoms with Gasteiger partial charge in [-0.15, -0.1) is 0 Å². The van der Waals surface area contributed by atoms with Crippen LogP contribution in [-0.2, 0) is 0 Å². The van der Waals surface area contributed by atoms with Gasteiger partial charge in [-0.1, -0.05) is 15.9 Å². The van der Waals surface area contributed by atoms with E-state index in [4.69, 9.17) is 5.73 Å². The van der Waals surface area contributed by atoms with Crippen molar-refractivity contribution in [1.82, 2.24) is 0 Å². The van der Waals surface area contributed by atoms with Crippen LogP contribution in [0.2, 0.25) is 0 Å². The third-order valence-electron chi connectivity index (χ3n) is 1.70. The van der Waals surface area contributed by atoms with E-state index in [0.29, 0.717) is 11.3 Å². The van der Waals surface area contributed by atoms with E-state index in [2.05, 4.69) is 15.9 Å². The lowest BCUT2D eigenvalue weighted by Crippen LogP contribution is -2.06. The zero-order valence-corrected chi connectivity index (χ0v) is 8.69. The molecular weight excluding hydrogens is 237 g/mol. The Hall–Kier alpha value is -0.900. The first-order chi connectivity index (χ1) is 6.06. The molecule has 0 saturated heterocycles. The molecule has 0 radical (unpaired) electrons. The normalized spacial score (nSPS) is 10.1. The quantitative estimate of drug-likeness (QED) is 0.494. The third kappa shape index (κ3) is 2.06. The molecule has 0 aliphatic carbocycles. The van der Waals surface area contributed by atoms with Crippen molar-refractivity contribution in [2.45, 2.75) is 6.92 Å². The predicted molar refractivity (Wildman–Crippen MR) is 53.7 cm³/mol. The topological polar surface area (TPSA) is 43.1 Å². The summed E-state index contributed by atoms with van der Waals surface area (Å²) in [5.74, 6) is -0.786. The number of carbonyl (C=O) groups excluding carboxylic acids is 1. The van der Waals surface area contributed by atoms with Crippen molar-refractivity contribution in [3.8, 4) is 0 Å². The summed E-state index contributed by atoms with van der Waals surface area (Å²) in [5, 5.41) is 0.104. The van der Waals surface area contributed by atoms with E-state index in [-0.39, 0.29) is 16.7 Å². The molecule has 0 fully saturated rings. The van der Waals surface area contributed by atoms with Gasteiger partial charge in [-0.25, -0.2) is 4.39 Å². The number of aryl methyl sites for hydroxylation is 1. The van der Waals surface area contributed by atoms with Crippen molar-refractivity contribution in [3.63, 3.8) is 0 Å². The minimum Gasteiger partial charge on any atom is -0.399 e. The predicted octanol–water partition coefficient (Wildman–Crippen LogP) is 2.29. The average molecular weight is 246 g/mol. The van der Waals surface area contributed by atoms with E-state index in [9.17, 15) is 9.18 Å². The fraction of sp³-hybridized carbons (Fsp3) is 0.222. The summed E-state index contributed by atoms with van der Waals surface area (Å²) in [6.07, 6.45) is 0. The Balaban J connectivity index is 3.28. The van der Waals surface area contributed by atoms with Crippen LogP contribution in [0.1, 0.15) is 15.9 Å². The highest BCUT2D eigenvalue weighted by atomic mass is 79.9. The average Bonchev–Trinajstić information content (AvgIpc) is 2.10. The maximum Gasteiger partial charge on any atom is 0.176 e. The molecule has 0 spiro atoms. The van der Waals surface area contributed by atoms with Crippen LogP contribution in [0.25, 0.3) is 0 Å². The van der Waals surface area contributed by atoms with Gasteiger partial charge in [0.2, 0.25) is 0 Å². The van der Waals surface area contributed by atoms with Crippen molar-refractivity contribution >= 4 is 27.4 Å². The van der Waals surface area contributed by atoms with E-state index in [0.717, 1.165) is 0 Å². The SMILES string of the molecule is Cc1cc(N)cc(C(=O)CBr)c1F. The monoisotopic (exact) mass is 245 g/mol. The maximum atomic E-state index is 13.3. The van der Waals surface area contributed by atoms with Crippen LogP contribution in [0.4, 0.5) is 10.1 Å². The van der Waals surface area contributed by atoms with E-state index < -0.39 is 5.82 Å². The van der Waals surface area contributed by atoms with Crippen molar-refractivity contribution in [3.05, 3.63) is 29.1 Å². The first-order valence-electron chi connectivity index (χ1n) is 3.71. The number of hydrogen-bond donors (Lipinski definition) is 1. The molecule has 0 atom stereocenters. The summed E-state index contributed by atoms with van der Waals surface area (Å²) in [6, 6.07) is 2.85. The molecule has 13 heavy (non-hydrogen) atoms. The highest BCUT2D eigenvalue weighted by Crippen LogP contribution is 2.17. The van der Waals surface area contributed by atoms with Crippen molar-refractivity contribution in [1.29, 1.82) is 0 Å². The third-order valence-corrected chi connectivity index (χ3v) is 2.21. The minimum atomic E-state index is -0.487. The molecule has 1 rings (SSSR count). The molecule has 0 saturated carbocycles. The standard InChI is InChI=1S/C9H9BrFNO/c1-5-2-6(12)3-7(9(5)11)8(13)4-10/h2-3H,4,12H2,1H3. The van der Waals surface area contributed by atoms with Crippen LogP contribution >= 0.6 is 15.9 Å². The number of hydrogen-bond acceptors (Lipinski definition) is 2. The van der Waals surface area contributed by atoms with E-state index in [1.54, 1.807) is 6.92 Å². The number of nitrogens with two attached hydrogens (primary N) is 1. The number of alkyl halides is 1. The van der Waals surface area contributed by atoms with Crippen LogP contribution in [0.5, 0.6) is 0 Å². The number of nitrogen functional groups attached to an aromatic ring is 1. The lowest BCUT2D eigenvalue weighted by atomic mass is 10.1. The smallest absolute Gasteiger partial charge is 0.176 e. The van der Waals surface area contributed by atoms with Gasteiger partial charge in [0.25, 0.3) is 0 Å². The van der Waals surface area contributed by atoms with Gasteiger partial charge < -0.3 is 5.73 Å². The number of halogens is 2. The molecule has 2 N–H and O–H groups in total. The van der Waals surface area contributed by atoms with E-state index in [1.165, 1.54) is 12.1 Å². The Morgan fingerprint density at radius 3 is 2.77 bits per heavy atom. The van der Waals surface area contributed by atoms with Crippen LogP contribution < -0.4 is 5.73 Å². The molecule has 0 unspecified atom stereocenters. The van der Waals surface area contributed by atoms with Gasteiger partial charge in [-0.3, -0.25) is 4.79 Å². The Morgan fingerprint density at radius 2 is 2.23 bits per heavy atom. The van der Waals surface area contributed by atoms with Gasteiger partial charge in [0.15, 0.2) is 5.78 Å². The maximum absolute atomic E-state index is 13.3. The first-order valence-corrected chi connectivity index (χ1v) is 4.83. The second-order valence-electron chi connectivity index (χ2n) is 2.76. The Kier molecular flexibility index (Phi) is 3.03. The molecule has 0 aliphatic heterocycles. The lowest BCUT2D eigenvalue weighted by Gasteiger charge is -2.04. The number of Topliss-reactive ketones (excluding diaryl/α,β-unsaturated/α-hetero) is 1.